The summed E-state index contributed by atoms with van der Waals surface area (Å²) in [5.41, 5.74) is 11.3. The average molecular weight is 643 g/mol. The summed E-state index contributed by atoms with van der Waals surface area (Å²) in [4.78, 5) is 10.6. The summed E-state index contributed by atoms with van der Waals surface area (Å²) in [7, 11) is 0. The SMILES string of the molecule is CC1(c2ccccc2)c2ccccc2-c2ccc(-c3cc(-c4ccc5c(c4)sc4ccccc45)nc(-c4cccc5ccccc45)n3)cc21. The van der Waals surface area contributed by atoms with Crippen LogP contribution in [-0.4, -0.2) is 9.97 Å². The molecule has 2 aromatic heterocycles. The van der Waals surface area contributed by atoms with Crippen LogP contribution in [0.2, 0.25) is 0 Å². The smallest absolute Gasteiger partial charge is 0.161 e. The summed E-state index contributed by atoms with van der Waals surface area (Å²) < 4.78 is 2.56. The van der Waals surface area contributed by atoms with E-state index in [0.29, 0.717) is 0 Å². The summed E-state index contributed by atoms with van der Waals surface area (Å²) in [5.74, 6) is 0.732. The van der Waals surface area contributed by atoms with Crippen LogP contribution >= 0.6 is 11.3 Å². The predicted octanol–water partition coefficient (Wildman–Crippen LogP) is 12.3. The van der Waals surface area contributed by atoms with Crippen molar-refractivity contribution in [2.45, 2.75) is 12.3 Å². The van der Waals surface area contributed by atoms with Crippen molar-refractivity contribution >= 4 is 42.3 Å². The van der Waals surface area contributed by atoms with Gasteiger partial charge in [0.1, 0.15) is 0 Å². The summed E-state index contributed by atoms with van der Waals surface area (Å²) in [5, 5.41) is 4.91. The zero-order valence-corrected chi connectivity index (χ0v) is 27.7. The Bertz CT molecular complexity index is 2740. The zero-order chi connectivity index (χ0) is 32.5. The summed E-state index contributed by atoms with van der Waals surface area (Å²) in [6.07, 6.45) is 0. The number of fused-ring (bicyclic) bond motifs is 7. The van der Waals surface area contributed by atoms with Crippen molar-refractivity contribution in [3.8, 4) is 45.0 Å². The molecule has 3 heteroatoms. The molecule has 0 fully saturated rings. The van der Waals surface area contributed by atoms with Crippen molar-refractivity contribution in [3.63, 3.8) is 0 Å². The van der Waals surface area contributed by atoms with Crippen molar-refractivity contribution in [2.75, 3.05) is 0 Å². The van der Waals surface area contributed by atoms with Crippen LogP contribution in [0.5, 0.6) is 0 Å². The zero-order valence-electron chi connectivity index (χ0n) is 26.9. The van der Waals surface area contributed by atoms with Gasteiger partial charge < -0.3 is 0 Å². The van der Waals surface area contributed by atoms with Crippen LogP contribution in [0.1, 0.15) is 23.6 Å². The molecule has 49 heavy (non-hydrogen) atoms. The molecule has 1 atom stereocenters. The first-order valence-corrected chi connectivity index (χ1v) is 17.6. The van der Waals surface area contributed by atoms with E-state index in [1.807, 2.05) is 11.3 Å². The molecule has 2 heterocycles. The molecular weight excluding hydrogens is 613 g/mol. The molecule has 1 unspecified atom stereocenters. The Balaban J connectivity index is 1.20. The average Bonchev–Trinajstić information content (AvgIpc) is 3.67. The third-order valence-electron chi connectivity index (χ3n) is 10.4. The summed E-state index contributed by atoms with van der Waals surface area (Å²) in [6, 6.07) is 59.1. The molecule has 9 aromatic rings. The highest BCUT2D eigenvalue weighted by atomic mass is 32.1. The van der Waals surface area contributed by atoms with E-state index < -0.39 is 0 Å². The third kappa shape index (κ3) is 4.33. The monoisotopic (exact) mass is 642 g/mol. The van der Waals surface area contributed by atoms with E-state index in [4.69, 9.17) is 9.97 Å². The molecule has 2 nitrogen and oxygen atoms in total. The van der Waals surface area contributed by atoms with E-state index in [9.17, 15) is 0 Å². The fourth-order valence-corrected chi connectivity index (χ4v) is 9.05. The lowest BCUT2D eigenvalue weighted by atomic mass is 9.74. The Labute approximate surface area is 289 Å². The molecule has 1 aliphatic rings. The van der Waals surface area contributed by atoms with Gasteiger partial charge in [-0.2, -0.15) is 0 Å². The van der Waals surface area contributed by atoms with Gasteiger partial charge in [-0.25, -0.2) is 9.97 Å². The van der Waals surface area contributed by atoms with Gasteiger partial charge in [-0.1, -0.05) is 140 Å². The van der Waals surface area contributed by atoms with Crippen LogP contribution in [-0.2, 0) is 5.41 Å². The van der Waals surface area contributed by atoms with Crippen LogP contribution in [0.3, 0.4) is 0 Å². The van der Waals surface area contributed by atoms with E-state index in [-0.39, 0.29) is 5.41 Å². The van der Waals surface area contributed by atoms with Crippen LogP contribution in [0.25, 0.3) is 76.0 Å². The molecule has 7 aromatic carbocycles. The lowest BCUT2D eigenvalue weighted by molar-refractivity contribution is 0.714. The summed E-state index contributed by atoms with van der Waals surface area (Å²) in [6.45, 7) is 2.37. The van der Waals surface area contributed by atoms with E-state index in [0.717, 1.165) is 39.3 Å². The van der Waals surface area contributed by atoms with E-state index >= 15 is 0 Å². The minimum atomic E-state index is -0.288. The van der Waals surface area contributed by atoms with Crippen LogP contribution < -0.4 is 0 Å². The first-order chi connectivity index (χ1) is 24.1. The second-order valence-electron chi connectivity index (χ2n) is 13.1. The Morgan fingerprint density at radius 1 is 0.449 bits per heavy atom. The Morgan fingerprint density at radius 3 is 1.96 bits per heavy atom. The minimum absolute atomic E-state index is 0.288. The van der Waals surface area contributed by atoms with Crippen molar-refractivity contribution in [1.29, 1.82) is 0 Å². The van der Waals surface area contributed by atoms with Crippen molar-refractivity contribution < 1.29 is 0 Å². The van der Waals surface area contributed by atoms with Gasteiger partial charge in [0.25, 0.3) is 0 Å². The molecule has 10 rings (SSSR count). The number of aromatic nitrogens is 2. The van der Waals surface area contributed by atoms with E-state index in [1.54, 1.807) is 0 Å². The Kier molecular flexibility index (Phi) is 6.21. The molecule has 0 aliphatic heterocycles. The van der Waals surface area contributed by atoms with Gasteiger partial charge in [-0.05, 0) is 69.8 Å². The fraction of sp³-hybridized carbons (Fsp3) is 0.0435. The molecule has 0 bridgehead atoms. The molecule has 0 spiro atoms. The predicted molar refractivity (Wildman–Crippen MR) is 206 cm³/mol. The maximum Gasteiger partial charge on any atom is 0.161 e. The van der Waals surface area contributed by atoms with Gasteiger partial charge in [0.15, 0.2) is 5.82 Å². The Morgan fingerprint density at radius 2 is 1.08 bits per heavy atom. The van der Waals surface area contributed by atoms with Gasteiger partial charge in [0.05, 0.1) is 11.4 Å². The Hall–Kier alpha value is -5.90. The highest BCUT2D eigenvalue weighted by Gasteiger charge is 2.40. The standard InChI is InChI=1S/C46H30N2S/c1-46(32-14-3-2-4-15-32)39-20-9-7-17-34(39)35-24-22-30(26-40(35)46)41-28-42(31-23-25-37-36-18-8-10-21-43(36)49-44(37)27-31)48-45(47-41)38-19-11-13-29-12-5-6-16-33(29)38/h2-28H,1H3. The summed E-state index contributed by atoms with van der Waals surface area (Å²) >= 11 is 1.84. The van der Waals surface area contributed by atoms with Crippen molar-refractivity contribution in [3.05, 3.63) is 180 Å². The molecule has 230 valence electrons. The number of nitrogens with zero attached hydrogens (tertiary/aromatic N) is 2. The molecule has 0 saturated carbocycles. The van der Waals surface area contributed by atoms with Gasteiger partial charge in [0.2, 0.25) is 0 Å². The lowest BCUT2D eigenvalue weighted by Gasteiger charge is -2.28. The van der Waals surface area contributed by atoms with Gasteiger partial charge >= 0.3 is 0 Å². The minimum Gasteiger partial charge on any atom is -0.228 e. The van der Waals surface area contributed by atoms with E-state index in [1.165, 1.54) is 53.4 Å². The van der Waals surface area contributed by atoms with E-state index in [2.05, 4.69) is 171 Å². The number of hydrogen-bond donors (Lipinski definition) is 0. The van der Waals surface area contributed by atoms with Crippen LogP contribution in [0.4, 0.5) is 0 Å². The first kappa shape index (κ1) is 28.1. The number of benzene rings is 7. The fourth-order valence-electron chi connectivity index (χ4n) is 7.90. The quantitative estimate of drug-likeness (QED) is 0.191. The van der Waals surface area contributed by atoms with Crippen molar-refractivity contribution in [2.24, 2.45) is 0 Å². The molecule has 0 amide bonds. The van der Waals surface area contributed by atoms with Gasteiger partial charge in [-0.3, -0.25) is 0 Å². The van der Waals surface area contributed by atoms with Gasteiger partial charge in [0, 0.05) is 42.3 Å². The van der Waals surface area contributed by atoms with Crippen LogP contribution in [0, 0.1) is 0 Å². The highest BCUT2D eigenvalue weighted by Crippen LogP contribution is 2.53. The van der Waals surface area contributed by atoms with Crippen molar-refractivity contribution in [1.82, 2.24) is 9.97 Å². The second kappa shape index (κ2) is 10.8. The van der Waals surface area contributed by atoms with Crippen LogP contribution in [0.15, 0.2) is 164 Å². The number of rotatable bonds is 4. The maximum absolute atomic E-state index is 5.33. The topological polar surface area (TPSA) is 25.8 Å². The highest BCUT2D eigenvalue weighted by molar-refractivity contribution is 7.25. The van der Waals surface area contributed by atoms with Gasteiger partial charge in [-0.15, -0.1) is 11.3 Å². The first-order valence-electron chi connectivity index (χ1n) is 16.7. The third-order valence-corrected chi connectivity index (χ3v) is 11.5. The largest absolute Gasteiger partial charge is 0.228 e. The molecule has 0 radical (unpaired) electrons. The number of thiophene rings is 1. The lowest BCUT2D eigenvalue weighted by Crippen LogP contribution is -2.22. The molecule has 0 N–H and O–H groups in total. The maximum atomic E-state index is 5.33. The molecule has 1 aliphatic carbocycles. The number of hydrogen-bond acceptors (Lipinski definition) is 3. The molecular formula is C46H30N2S. The second-order valence-corrected chi connectivity index (χ2v) is 14.2. The normalized spacial score (nSPS) is 15.1. The molecule has 0 saturated heterocycles.